The number of benzene rings is 1. The molecule has 0 saturated carbocycles. The maximum atomic E-state index is 4.09. The Morgan fingerprint density at radius 1 is 1.19 bits per heavy atom. The Kier molecular flexibility index (Phi) is 3.05. The Morgan fingerprint density at radius 3 is 2.56 bits per heavy atom. The molecule has 0 saturated heterocycles. The van der Waals surface area contributed by atoms with Crippen LogP contribution >= 0.6 is 0 Å². The molecule has 0 fully saturated rings. The summed E-state index contributed by atoms with van der Waals surface area (Å²) in [5.41, 5.74) is 1.08. The molecule has 0 amide bonds. The number of rotatable bonds is 4. The third kappa shape index (κ3) is 2.13. The molecule has 2 N–H and O–H groups in total. The van der Waals surface area contributed by atoms with Crippen LogP contribution in [-0.4, -0.2) is 21.8 Å². The molecule has 0 aliphatic heterocycles. The average molecular weight is 217 g/mol. The topological polar surface area (TPSA) is 54.8 Å². The quantitative estimate of drug-likeness (QED) is 0.814. The van der Waals surface area contributed by atoms with Crippen LogP contribution in [0.15, 0.2) is 30.3 Å². The zero-order chi connectivity index (χ0) is 11.4. The first kappa shape index (κ1) is 10.5. The van der Waals surface area contributed by atoms with Crippen LogP contribution in [0.4, 0.5) is 11.6 Å². The Bertz CT molecular complexity index is 449. The molecular weight excluding hydrogens is 202 g/mol. The van der Waals surface area contributed by atoms with E-state index < -0.39 is 0 Å². The first-order chi connectivity index (χ1) is 7.81. The molecule has 2 aromatic rings. The summed E-state index contributed by atoms with van der Waals surface area (Å²) in [4.78, 5) is 0. The number of nitrogens with zero attached hydrogens (tertiary/aromatic N) is 3. The number of hydrogen-bond acceptors (Lipinski definition) is 4. The van der Waals surface area contributed by atoms with Gasteiger partial charge in [0.2, 0.25) is 5.95 Å². The summed E-state index contributed by atoms with van der Waals surface area (Å²) in [5, 5.41) is 14.4. The first-order valence-corrected chi connectivity index (χ1v) is 5.16. The van der Waals surface area contributed by atoms with E-state index in [-0.39, 0.29) is 0 Å². The summed E-state index contributed by atoms with van der Waals surface area (Å²) in [6, 6.07) is 10.0. The monoisotopic (exact) mass is 217 g/mol. The van der Waals surface area contributed by atoms with Gasteiger partial charge in [-0.2, -0.15) is 0 Å². The lowest BCUT2D eigenvalue weighted by molar-refractivity contribution is 0.816. The van der Waals surface area contributed by atoms with Gasteiger partial charge in [0.1, 0.15) is 0 Å². The Morgan fingerprint density at radius 2 is 1.94 bits per heavy atom. The number of nitrogens with one attached hydrogen (secondary N) is 2. The zero-order valence-electron chi connectivity index (χ0n) is 9.44. The van der Waals surface area contributed by atoms with E-state index in [0.29, 0.717) is 6.54 Å². The summed E-state index contributed by atoms with van der Waals surface area (Å²) in [6.45, 7) is 0.662. The van der Waals surface area contributed by atoms with Crippen LogP contribution in [0.25, 0.3) is 0 Å². The Balaban J connectivity index is 2.02. The van der Waals surface area contributed by atoms with Crippen LogP contribution in [0.3, 0.4) is 0 Å². The summed E-state index contributed by atoms with van der Waals surface area (Å²) in [6.07, 6.45) is 0. The SMILES string of the molecule is CNc1nnc(CNc2ccccc2)n1C. The maximum Gasteiger partial charge on any atom is 0.224 e. The molecule has 0 atom stereocenters. The van der Waals surface area contributed by atoms with Crippen LogP contribution in [0.5, 0.6) is 0 Å². The third-order valence-corrected chi connectivity index (χ3v) is 2.41. The zero-order valence-corrected chi connectivity index (χ0v) is 9.44. The normalized spacial score (nSPS) is 10.1. The average Bonchev–Trinajstić information content (AvgIpc) is 2.69. The number of hydrogen-bond donors (Lipinski definition) is 2. The highest BCUT2D eigenvalue weighted by atomic mass is 15.3. The third-order valence-electron chi connectivity index (χ3n) is 2.41. The molecule has 1 heterocycles. The molecule has 0 bridgehead atoms. The summed E-state index contributed by atoms with van der Waals surface area (Å²) >= 11 is 0. The molecule has 0 unspecified atom stereocenters. The van der Waals surface area contributed by atoms with E-state index >= 15 is 0 Å². The molecule has 0 aliphatic rings. The predicted octanol–water partition coefficient (Wildman–Crippen LogP) is 1.47. The fraction of sp³-hybridized carbons (Fsp3) is 0.273. The fourth-order valence-electron chi connectivity index (χ4n) is 1.47. The van der Waals surface area contributed by atoms with Gasteiger partial charge >= 0.3 is 0 Å². The van der Waals surface area contributed by atoms with Gasteiger partial charge in [0.15, 0.2) is 5.82 Å². The van der Waals surface area contributed by atoms with Crippen molar-refractivity contribution >= 4 is 11.6 Å². The van der Waals surface area contributed by atoms with Gasteiger partial charge in [0.05, 0.1) is 6.54 Å². The number of aromatic nitrogens is 3. The standard InChI is InChI=1S/C11H15N5/c1-12-11-15-14-10(16(11)2)8-13-9-6-4-3-5-7-9/h3-7,13H,8H2,1-2H3,(H,12,15). The number of anilines is 2. The lowest BCUT2D eigenvalue weighted by atomic mass is 10.3. The van der Waals surface area contributed by atoms with Gasteiger partial charge in [0.25, 0.3) is 0 Å². The summed E-state index contributed by atoms with van der Waals surface area (Å²) < 4.78 is 1.93. The summed E-state index contributed by atoms with van der Waals surface area (Å²) in [5.74, 6) is 1.66. The van der Waals surface area contributed by atoms with Crippen molar-refractivity contribution in [1.82, 2.24) is 14.8 Å². The molecule has 0 radical (unpaired) electrons. The molecule has 5 nitrogen and oxygen atoms in total. The van der Waals surface area contributed by atoms with Crippen molar-refractivity contribution in [2.75, 3.05) is 17.7 Å². The molecule has 0 spiro atoms. The minimum absolute atomic E-state index is 0.662. The second kappa shape index (κ2) is 4.65. The minimum atomic E-state index is 0.662. The van der Waals surface area contributed by atoms with Crippen molar-refractivity contribution < 1.29 is 0 Å². The Hall–Kier alpha value is -2.04. The largest absolute Gasteiger partial charge is 0.378 e. The summed E-state index contributed by atoms with van der Waals surface area (Å²) in [7, 11) is 3.77. The molecule has 1 aromatic heterocycles. The number of para-hydroxylation sites is 1. The van der Waals surface area contributed by atoms with E-state index in [1.807, 2.05) is 49.0 Å². The molecule has 0 aliphatic carbocycles. The van der Waals surface area contributed by atoms with Gasteiger partial charge in [-0.25, -0.2) is 0 Å². The molecular formula is C11H15N5. The van der Waals surface area contributed by atoms with Gasteiger partial charge in [-0.15, -0.1) is 10.2 Å². The lowest BCUT2D eigenvalue weighted by Gasteiger charge is -2.06. The second-order valence-electron chi connectivity index (χ2n) is 3.47. The van der Waals surface area contributed by atoms with Crippen LogP contribution in [0.1, 0.15) is 5.82 Å². The highest BCUT2D eigenvalue weighted by molar-refractivity contribution is 5.42. The van der Waals surface area contributed by atoms with Crippen molar-refractivity contribution in [2.24, 2.45) is 7.05 Å². The smallest absolute Gasteiger partial charge is 0.224 e. The van der Waals surface area contributed by atoms with Crippen LogP contribution in [0.2, 0.25) is 0 Å². The minimum Gasteiger partial charge on any atom is -0.378 e. The van der Waals surface area contributed by atoms with Gasteiger partial charge in [-0.05, 0) is 12.1 Å². The van der Waals surface area contributed by atoms with Crippen molar-refractivity contribution in [3.8, 4) is 0 Å². The van der Waals surface area contributed by atoms with E-state index in [4.69, 9.17) is 0 Å². The van der Waals surface area contributed by atoms with Gasteiger partial charge < -0.3 is 10.6 Å². The van der Waals surface area contributed by atoms with E-state index in [1.54, 1.807) is 0 Å². The second-order valence-corrected chi connectivity index (χ2v) is 3.47. The van der Waals surface area contributed by atoms with Gasteiger partial charge in [0, 0.05) is 19.8 Å². The van der Waals surface area contributed by atoms with Crippen molar-refractivity contribution in [1.29, 1.82) is 0 Å². The lowest BCUT2D eigenvalue weighted by Crippen LogP contribution is -2.07. The van der Waals surface area contributed by atoms with Crippen molar-refractivity contribution in [2.45, 2.75) is 6.54 Å². The molecule has 2 rings (SSSR count). The van der Waals surface area contributed by atoms with E-state index in [1.165, 1.54) is 0 Å². The first-order valence-electron chi connectivity index (χ1n) is 5.16. The Labute approximate surface area is 94.5 Å². The van der Waals surface area contributed by atoms with E-state index in [2.05, 4.69) is 20.8 Å². The van der Waals surface area contributed by atoms with Crippen molar-refractivity contribution in [3.63, 3.8) is 0 Å². The van der Waals surface area contributed by atoms with Crippen molar-refractivity contribution in [3.05, 3.63) is 36.2 Å². The molecule has 1 aromatic carbocycles. The fourth-order valence-corrected chi connectivity index (χ4v) is 1.47. The van der Waals surface area contributed by atoms with Crippen LogP contribution in [0, 0.1) is 0 Å². The highest BCUT2D eigenvalue weighted by Gasteiger charge is 2.05. The van der Waals surface area contributed by atoms with Crippen LogP contribution in [-0.2, 0) is 13.6 Å². The van der Waals surface area contributed by atoms with Gasteiger partial charge in [-0.1, -0.05) is 18.2 Å². The molecule has 84 valence electrons. The molecule has 5 heteroatoms. The van der Waals surface area contributed by atoms with E-state index in [0.717, 1.165) is 17.5 Å². The maximum absolute atomic E-state index is 4.09. The van der Waals surface area contributed by atoms with Gasteiger partial charge in [-0.3, -0.25) is 4.57 Å². The van der Waals surface area contributed by atoms with E-state index in [9.17, 15) is 0 Å². The van der Waals surface area contributed by atoms with Crippen LogP contribution < -0.4 is 10.6 Å². The highest BCUT2D eigenvalue weighted by Crippen LogP contribution is 2.08. The predicted molar refractivity (Wildman–Crippen MR) is 64.3 cm³/mol. The molecule has 16 heavy (non-hydrogen) atoms.